The summed E-state index contributed by atoms with van der Waals surface area (Å²) in [4.78, 5) is 29.8. The summed E-state index contributed by atoms with van der Waals surface area (Å²) in [6.45, 7) is 5.43. The van der Waals surface area contributed by atoms with Crippen molar-refractivity contribution in [1.82, 2.24) is 5.16 Å². The summed E-state index contributed by atoms with van der Waals surface area (Å²) in [6, 6.07) is 1.01. The van der Waals surface area contributed by atoms with Crippen molar-refractivity contribution in [2.24, 2.45) is 9.98 Å². The van der Waals surface area contributed by atoms with Crippen LogP contribution in [0.25, 0.3) is 0 Å². The highest BCUT2D eigenvalue weighted by Gasteiger charge is 2.14. The van der Waals surface area contributed by atoms with Gasteiger partial charge in [0.15, 0.2) is 0 Å². The molecule has 1 aromatic rings. The van der Waals surface area contributed by atoms with Crippen LogP contribution in [0.1, 0.15) is 5.69 Å². The Morgan fingerprint density at radius 2 is 2.37 bits per heavy atom. The van der Waals surface area contributed by atoms with Gasteiger partial charge in [-0.3, -0.25) is 10.1 Å². The van der Waals surface area contributed by atoms with Crippen LogP contribution < -0.4 is 5.32 Å². The van der Waals surface area contributed by atoms with Gasteiger partial charge in [0.1, 0.15) is 5.04 Å². The second-order valence-corrected chi connectivity index (χ2v) is 4.62. The highest BCUT2D eigenvalue weighted by Crippen LogP contribution is 2.15. The number of carbonyl (C=O) groups is 2. The monoisotopic (exact) mass is 278 g/mol. The number of hydrogen-bond acceptors (Lipinski definition) is 5. The van der Waals surface area contributed by atoms with E-state index in [9.17, 15) is 9.59 Å². The molecule has 1 aliphatic heterocycles. The molecular formula is C11H10N4O3S. The van der Waals surface area contributed by atoms with E-state index in [4.69, 9.17) is 4.52 Å². The van der Waals surface area contributed by atoms with E-state index in [0.29, 0.717) is 16.3 Å². The molecule has 0 aliphatic carbocycles. The van der Waals surface area contributed by atoms with Crippen LogP contribution in [0.5, 0.6) is 0 Å². The molecule has 1 aliphatic rings. The molecule has 0 unspecified atom stereocenters. The number of aryl methyl sites for hydroxylation is 1. The first-order valence-corrected chi connectivity index (χ1v) is 6.25. The maximum absolute atomic E-state index is 11.6. The highest BCUT2D eigenvalue weighted by molar-refractivity contribution is 8.15. The number of nitrogens with zero attached hydrogens (tertiary/aromatic N) is 3. The number of rotatable bonds is 3. The lowest BCUT2D eigenvalue weighted by Gasteiger charge is -2.07. The predicted molar refractivity (Wildman–Crippen MR) is 72.8 cm³/mol. The van der Waals surface area contributed by atoms with Crippen LogP contribution in [0.4, 0.5) is 10.7 Å². The van der Waals surface area contributed by atoms with Crippen molar-refractivity contribution in [3.63, 3.8) is 0 Å². The molecule has 0 aromatic carbocycles. The zero-order valence-electron chi connectivity index (χ0n) is 10.0. The fraction of sp³-hybridized carbons (Fsp3) is 0.182. The lowest BCUT2D eigenvalue weighted by Crippen LogP contribution is -2.16. The van der Waals surface area contributed by atoms with Gasteiger partial charge in [0, 0.05) is 17.9 Å². The van der Waals surface area contributed by atoms with E-state index in [1.165, 1.54) is 6.21 Å². The first-order chi connectivity index (χ1) is 9.04. The van der Waals surface area contributed by atoms with E-state index in [1.54, 1.807) is 13.0 Å². The van der Waals surface area contributed by atoms with Crippen molar-refractivity contribution >= 4 is 40.8 Å². The largest absolute Gasteiger partial charge is 0.368 e. The van der Waals surface area contributed by atoms with Crippen LogP contribution in [-0.2, 0) is 4.79 Å². The summed E-state index contributed by atoms with van der Waals surface area (Å²) in [5, 5.41) is 6.57. The number of aromatic nitrogens is 1. The van der Waals surface area contributed by atoms with E-state index in [0.717, 1.165) is 11.8 Å². The van der Waals surface area contributed by atoms with Crippen LogP contribution in [-0.4, -0.2) is 34.1 Å². The second kappa shape index (κ2) is 5.61. The molecule has 0 saturated heterocycles. The first-order valence-electron chi connectivity index (χ1n) is 5.26. The summed E-state index contributed by atoms with van der Waals surface area (Å²) in [7, 11) is 0. The van der Waals surface area contributed by atoms with Crippen LogP contribution in [0.3, 0.4) is 0 Å². The fourth-order valence-electron chi connectivity index (χ4n) is 1.23. The van der Waals surface area contributed by atoms with Gasteiger partial charge in [0.2, 0.25) is 11.8 Å². The fourth-order valence-corrected chi connectivity index (χ4v) is 1.95. The average Bonchev–Trinajstić information content (AvgIpc) is 2.76. The SMILES string of the molecule is C=C1C=NC(=O)N=C1SCC(=O)Nc1cc(C)no1. The summed E-state index contributed by atoms with van der Waals surface area (Å²) in [5.41, 5.74) is 1.18. The highest BCUT2D eigenvalue weighted by atomic mass is 32.2. The maximum atomic E-state index is 11.6. The average molecular weight is 278 g/mol. The number of nitrogens with one attached hydrogen (secondary N) is 1. The van der Waals surface area contributed by atoms with Crippen molar-refractivity contribution in [1.29, 1.82) is 0 Å². The zero-order chi connectivity index (χ0) is 13.8. The number of thioether (sulfide) groups is 1. The molecule has 1 N–H and O–H groups in total. The minimum absolute atomic E-state index is 0.0821. The first kappa shape index (κ1) is 13.2. The van der Waals surface area contributed by atoms with Crippen LogP contribution in [0.2, 0.25) is 0 Å². The Bertz CT molecular complexity index is 603. The Morgan fingerprint density at radius 3 is 3.05 bits per heavy atom. The number of hydrogen-bond donors (Lipinski definition) is 1. The zero-order valence-corrected chi connectivity index (χ0v) is 10.9. The molecule has 3 amide bonds. The smallest absolute Gasteiger partial charge is 0.338 e. The van der Waals surface area contributed by atoms with Crippen molar-refractivity contribution in [2.45, 2.75) is 6.92 Å². The summed E-state index contributed by atoms with van der Waals surface area (Å²) in [6.07, 6.45) is 1.33. The maximum Gasteiger partial charge on any atom is 0.368 e. The van der Waals surface area contributed by atoms with E-state index < -0.39 is 6.03 Å². The minimum Gasteiger partial charge on any atom is -0.338 e. The molecular weight excluding hydrogens is 268 g/mol. The summed E-state index contributed by atoms with van der Waals surface area (Å²) >= 11 is 1.11. The van der Waals surface area contributed by atoms with Gasteiger partial charge >= 0.3 is 6.03 Å². The number of urea groups is 1. The van der Waals surface area contributed by atoms with E-state index >= 15 is 0 Å². The van der Waals surface area contributed by atoms with Gasteiger partial charge in [0.05, 0.1) is 11.4 Å². The Hall–Kier alpha value is -2.22. The molecule has 98 valence electrons. The van der Waals surface area contributed by atoms with Crippen LogP contribution in [0.15, 0.2) is 32.7 Å². The van der Waals surface area contributed by atoms with Gasteiger partial charge in [-0.2, -0.15) is 9.98 Å². The number of aliphatic imine (C=N–C) groups is 2. The molecule has 2 rings (SSSR count). The molecule has 0 fully saturated rings. The van der Waals surface area contributed by atoms with Gasteiger partial charge in [-0.25, -0.2) is 4.79 Å². The van der Waals surface area contributed by atoms with Crippen molar-refractivity contribution in [3.8, 4) is 0 Å². The molecule has 0 radical (unpaired) electrons. The Kier molecular flexibility index (Phi) is 3.91. The van der Waals surface area contributed by atoms with E-state index in [-0.39, 0.29) is 17.5 Å². The lowest BCUT2D eigenvalue weighted by atomic mass is 10.3. The Balaban J connectivity index is 1.87. The quantitative estimate of drug-likeness (QED) is 0.909. The Morgan fingerprint density at radius 1 is 1.58 bits per heavy atom. The van der Waals surface area contributed by atoms with Gasteiger partial charge in [-0.15, -0.1) is 0 Å². The van der Waals surface area contributed by atoms with Crippen molar-refractivity contribution < 1.29 is 14.1 Å². The standard InChI is InChI=1S/C11H10N4O3S/c1-6-4-12-11(17)14-10(6)19-5-8(16)13-9-3-7(2)15-18-9/h3-4H,1,5H2,2H3,(H,13,16). The number of carbonyl (C=O) groups excluding carboxylic acids is 2. The normalized spacial score (nSPS) is 14.5. The molecule has 8 heteroatoms. The summed E-state index contributed by atoms with van der Waals surface area (Å²) < 4.78 is 4.85. The van der Waals surface area contributed by atoms with Gasteiger partial charge < -0.3 is 4.52 Å². The van der Waals surface area contributed by atoms with Crippen LogP contribution >= 0.6 is 11.8 Å². The second-order valence-electron chi connectivity index (χ2n) is 3.65. The third-order valence-electron chi connectivity index (χ3n) is 2.03. The van der Waals surface area contributed by atoms with E-state index in [1.807, 2.05) is 0 Å². The predicted octanol–water partition coefficient (Wildman–Crippen LogP) is 1.81. The third kappa shape index (κ3) is 3.62. The molecule has 0 bridgehead atoms. The van der Waals surface area contributed by atoms with Gasteiger partial charge in [-0.1, -0.05) is 23.5 Å². The molecule has 0 atom stereocenters. The lowest BCUT2D eigenvalue weighted by molar-refractivity contribution is -0.113. The molecule has 0 spiro atoms. The number of anilines is 1. The molecule has 0 saturated carbocycles. The van der Waals surface area contributed by atoms with Crippen molar-refractivity contribution in [2.75, 3.05) is 11.1 Å². The number of amides is 3. The molecule has 7 nitrogen and oxygen atoms in total. The van der Waals surface area contributed by atoms with Crippen LogP contribution in [0, 0.1) is 6.92 Å². The summed E-state index contributed by atoms with van der Waals surface area (Å²) in [5.74, 6) is 0.0791. The van der Waals surface area contributed by atoms with Gasteiger partial charge in [-0.05, 0) is 6.92 Å². The topological polar surface area (TPSA) is 96.9 Å². The van der Waals surface area contributed by atoms with E-state index in [2.05, 4.69) is 27.0 Å². The molecule has 1 aromatic heterocycles. The minimum atomic E-state index is -0.596. The Labute approximate surface area is 112 Å². The van der Waals surface area contributed by atoms with Gasteiger partial charge in [0.25, 0.3) is 0 Å². The van der Waals surface area contributed by atoms with Crippen molar-refractivity contribution in [3.05, 3.63) is 23.9 Å². The molecule has 2 heterocycles. The third-order valence-corrected chi connectivity index (χ3v) is 3.07. The molecule has 19 heavy (non-hydrogen) atoms.